The molecule has 1 aromatic rings. The van der Waals surface area contributed by atoms with Crippen LogP contribution < -0.4 is 5.32 Å². The van der Waals surface area contributed by atoms with Gasteiger partial charge in [-0.05, 0) is 12.1 Å². The summed E-state index contributed by atoms with van der Waals surface area (Å²) < 4.78 is 0. The second-order valence-electron chi connectivity index (χ2n) is 3.41. The molecule has 1 N–H and O–H groups in total. The number of hydrogen-bond acceptors (Lipinski definition) is 3. The van der Waals surface area contributed by atoms with E-state index in [1.807, 2.05) is 30.3 Å². The molecule has 15 heavy (non-hydrogen) atoms. The second-order valence-corrected chi connectivity index (χ2v) is 3.41. The van der Waals surface area contributed by atoms with Crippen molar-refractivity contribution >= 4 is 17.3 Å². The van der Waals surface area contributed by atoms with Gasteiger partial charge in [-0.3, -0.25) is 9.59 Å². The van der Waals surface area contributed by atoms with E-state index in [-0.39, 0.29) is 11.6 Å². The molecule has 0 heterocycles. The molecular weight excluding hydrogens is 190 g/mol. The molecule has 0 amide bonds. The van der Waals surface area contributed by atoms with E-state index in [1.54, 1.807) is 0 Å². The SMILES string of the molecule is O=C1CCC(=O)C1=CNc1ccccc1. The molecule has 2 rings (SSSR count). The van der Waals surface area contributed by atoms with Crippen molar-refractivity contribution in [1.82, 2.24) is 0 Å². The van der Waals surface area contributed by atoms with E-state index in [9.17, 15) is 9.59 Å². The summed E-state index contributed by atoms with van der Waals surface area (Å²) in [6.07, 6.45) is 2.20. The molecule has 0 unspecified atom stereocenters. The van der Waals surface area contributed by atoms with Crippen LogP contribution in [0.2, 0.25) is 0 Å². The lowest BCUT2D eigenvalue weighted by atomic mass is 10.2. The summed E-state index contributed by atoms with van der Waals surface area (Å²) >= 11 is 0. The molecule has 3 nitrogen and oxygen atoms in total. The van der Waals surface area contributed by atoms with E-state index in [4.69, 9.17) is 0 Å². The maximum Gasteiger partial charge on any atom is 0.168 e. The van der Waals surface area contributed by atoms with E-state index in [1.165, 1.54) is 6.20 Å². The maximum absolute atomic E-state index is 11.3. The number of nitrogens with one attached hydrogen (secondary N) is 1. The summed E-state index contributed by atoms with van der Waals surface area (Å²) in [7, 11) is 0. The van der Waals surface area contributed by atoms with Crippen molar-refractivity contribution in [3.63, 3.8) is 0 Å². The third kappa shape index (κ3) is 2.13. The summed E-state index contributed by atoms with van der Waals surface area (Å²) in [6, 6.07) is 9.43. The lowest BCUT2D eigenvalue weighted by Gasteiger charge is -2.00. The third-order valence-electron chi connectivity index (χ3n) is 2.34. The standard InChI is InChI=1S/C12H11NO2/c14-11-6-7-12(15)10(11)8-13-9-4-2-1-3-5-9/h1-5,8,13H,6-7H2. The van der Waals surface area contributed by atoms with Gasteiger partial charge in [0.15, 0.2) is 11.6 Å². The van der Waals surface area contributed by atoms with Crippen LogP contribution in [0.25, 0.3) is 0 Å². The molecule has 3 heteroatoms. The van der Waals surface area contributed by atoms with Crippen LogP contribution in [0.4, 0.5) is 5.69 Å². The lowest BCUT2D eigenvalue weighted by molar-refractivity contribution is -0.116. The van der Waals surface area contributed by atoms with Gasteiger partial charge in [-0.25, -0.2) is 0 Å². The predicted octanol–water partition coefficient (Wildman–Crippen LogP) is 1.91. The molecule has 0 atom stereocenters. The molecule has 0 bridgehead atoms. The maximum atomic E-state index is 11.3. The smallest absolute Gasteiger partial charge is 0.168 e. The summed E-state index contributed by atoms with van der Waals surface area (Å²) in [6.45, 7) is 0. The van der Waals surface area contributed by atoms with E-state index in [2.05, 4.69) is 5.32 Å². The van der Waals surface area contributed by atoms with Crippen molar-refractivity contribution in [2.75, 3.05) is 5.32 Å². The van der Waals surface area contributed by atoms with Crippen LogP contribution in [0.1, 0.15) is 12.8 Å². The van der Waals surface area contributed by atoms with E-state index in [0.29, 0.717) is 18.4 Å². The molecule has 1 aromatic carbocycles. The van der Waals surface area contributed by atoms with Gasteiger partial charge in [0.25, 0.3) is 0 Å². The highest BCUT2D eigenvalue weighted by molar-refractivity contribution is 6.25. The summed E-state index contributed by atoms with van der Waals surface area (Å²) in [4.78, 5) is 22.6. The Labute approximate surface area is 87.8 Å². The first-order chi connectivity index (χ1) is 7.27. The zero-order valence-corrected chi connectivity index (χ0v) is 8.19. The van der Waals surface area contributed by atoms with Gasteiger partial charge < -0.3 is 5.32 Å². The Hall–Kier alpha value is -1.90. The molecular formula is C12H11NO2. The molecule has 0 radical (unpaired) electrons. The lowest BCUT2D eigenvalue weighted by Crippen LogP contribution is -2.02. The highest BCUT2D eigenvalue weighted by Gasteiger charge is 2.25. The number of allylic oxidation sites excluding steroid dienone is 1. The number of benzene rings is 1. The van der Waals surface area contributed by atoms with Crippen LogP contribution in [0.3, 0.4) is 0 Å². The van der Waals surface area contributed by atoms with Crippen LogP contribution in [-0.2, 0) is 9.59 Å². The van der Waals surface area contributed by atoms with Gasteiger partial charge in [0.05, 0.1) is 5.57 Å². The number of ketones is 2. The molecule has 0 saturated heterocycles. The molecule has 1 aliphatic carbocycles. The van der Waals surface area contributed by atoms with E-state index in [0.717, 1.165) is 5.69 Å². The van der Waals surface area contributed by atoms with Crippen LogP contribution in [0, 0.1) is 0 Å². The number of para-hydroxylation sites is 1. The van der Waals surface area contributed by atoms with Crippen molar-refractivity contribution in [2.24, 2.45) is 0 Å². The summed E-state index contributed by atoms with van der Waals surface area (Å²) in [5, 5.41) is 2.94. The molecule has 1 aliphatic rings. The Morgan fingerprint density at radius 2 is 1.60 bits per heavy atom. The molecule has 0 aromatic heterocycles. The summed E-state index contributed by atoms with van der Waals surface area (Å²) in [5.74, 6) is -0.133. The van der Waals surface area contributed by atoms with Gasteiger partial charge in [-0.1, -0.05) is 18.2 Å². The van der Waals surface area contributed by atoms with Gasteiger partial charge >= 0.3 is 0 Å². The minimum atomic E-state index is -0.0663. The number of carbonyl (C=O) groups excluding carboxylic acids is 2. The van der Waals surface area contributed by atoms with Crippen molar-refractivity contribution in [1.29, 1.82) is 0 Å². The van der Waals surface area contributed by atoms with Crippen molar-refractivity contribution in [3.05, 3.63) is 42.1 Å². The first-order valence-electron chi connectivity index (χ1n) is 4.85. The zero-order valence-electron chi connectivity index (χ0n) is 8.19. The van der Waals surface area contributed by atoms with Gasteiger partial charge in [-0.15, -0.1) is 0 Å². The Kier molecular flexibility index (Phi) is 2.63. The number of carbonyl (C=O) groups is 2. The third-order valence-corrected chi connectivity index (χ3v) is 2.34. The van der Waals surface area contributed by atoms with Gasteiger partial charge in [0, 0.05) is 24.7 Å². The number of hydrogen-bond donors (Lipinski definition) is 1. The van der Waals surface area contributed by atoms with Crippen LogP contribution in [0.15, 0.2) is 42.1 Å². The molecule has 1 saturated carbocycles. The Morgan fingerprint density at radius 3 is 2.20 bits per heavy atom. The Morgan fingerprint density at radius 1 is 1.00 bits per heavy atom. The fourth-order valence-corrected chi connectivity index (χ4v) is 1.50. The fourth-order valence-electron chi connectivity index (χ4n) is 1.50. The van der Waals surface area contributed by atoms with Crippen molar-refractivity contribution < 1.29 is 9.59 Å². The first-order valence-corrected chi connectivity index (χ1v) is 4.85. The van der Waals surface area contributed by atoms with Gasteiger partial charge in [-0.2, -0.15) is 0 Å². The fraction of sp³-hybridized carbons (Fsp3) is 0.167. The minimum absolute atomic E-state index is 0.0663. The average Bonchev–Trinajstić information content (AvgIpc) is 2.58. The minimum Gasteiger partial charge on any atom is -0.361 e. The Balaban J connectivity index is 2.12. The first kappa shape index (κ1) is 9.65. The predicted molar refractivity (Wildman–Crippen MR) is 57.4 cm³/mol. The van der Waals surface area contributed by atoms with Crippen molar-refractivity contribution in [3.8, 4) is 0 Å². The molecule has 0 aliphatic heterocycles. The normalized spacial score (nSPS) is 15.6. The van der Waals surface area contributed by atoms with Gasteiger partial charge in [0.1, 0.15) is 0 Å². The topological polar surface area (TPSA) is 46.2 Å². The van der Waals surface area contributed by atoms with Crippen LogP contribution in [0.5, 0.6) is 0 Å². The highest BCUT2D eigenvalue weighted by Crippen LogP contribution is 2.17. The van der Waals surface area contributed by atoms with Crippen LogP contribution >= 0.6 is 0 Å². The van der Waals surface area contributed by atoms with Crippen molar-refractivity contribution in [2.45, 2.75) is 12.8 Å². The number of anilines is 1. The largest absolute Gasteiger partial charge is 0.361 e. The quantitative estimate of drug-likeness (QED) is 0.587. The van der Waals surface area contributed by atoms with Gasteiger partial charge in [0.2, 0.25) is 0 Å². The van der Waals surface area contributed by atoms with Crippen LogP contribution in [-0.4, -0.2) is 11.6 Å². The van der Waals surface area contributed by atoms with E-state index >= 15 is 0 Å². The van der Waals surface area contributed by atoms with E-state index < -0.39 is 0 Å². The number of Topliss-reactive ketones (excluding diaryl/α,β-unsaturated/α-hetero) is 2. The number of rotatable bonds is 2. The molecule has 1 fully saturated rings. The summed E-state index contributed by atoms with van der Waals surface area (Å²) in [5.41, 5.74) is 1.16. The zero-order chi connectivity index (χ0) is 10.7. The second kappa shape index (κ2) is 4.09. The highest BCUT2D eigenvalue weighted by atomic mass is 16.2. The Bertz CT molecular complexity index is 403. The molecule has 76 valence electrons. The monoisotopic (exact) mass is 201 g/mol. The average molecular weight is 201 g/mol. The molecule has 0 spiro atoms.